The lowest BCUT2D eigenvalue weighted by Gasteiger charge is -2.14. The molecule has 0 unspecified atom stereocenters. The van der Waals surface area contributed by atoms with Crippen molar-refractivity contribution in [3.8, 4) is 11.5 Å². The number of benzene rings is 2. The molecule has 2 aromatic carbocycles. The van der Waals surface area contributed by atoms with Gasteiger partial charge in [-0.15, -0.1) is 0 Å². The van der Waals surface area contributed by atoms with Crippen molar-refractivity contribution in [3.63, 3.8) is 0 Å². The van der Waals surface area contributed by atoms with E-state index in [4.69, 9.17) is 21.1 Å². The fourth-order valence-electron chi connectivity index (χ4n) is 2.65. The minimum atomic E-state index is -3.83. The molecule has 0 amide bonds. The van der Waals surface area contributed by atoms with E-state index in [2.05, 4.69) is 14.7 Å². The normalized spacial score (nSPS) is 11.4. The smallest absolute Gasteiger partial charge is 0.263 e. The molecular weight excluding hydrogens is 452 g/mol. The van der Waals surface area contributed by atoms with E-state index in [1.807, 2.05) is 25.9 Å². The molecule has 0 saturated heterocycles. The Morgan fingerprint density at radius 2 is 1.81 bits per heavy atom. The third-order valence-electron chi connectivity index (χ3n) is 4.43. The molecule has 170 valence electrons. The van der Waals surface area contributed by atoms with Gasteiger partial charge in [-0.25, -0.2) is 18.4 Å². The second-order valence-corrected chi connectivity index (χ2v) is 9.45. The number of hydrogen-bond acceptors (Lipinski definition) is 7. The first kappa shape index (κ1) is 23.8. The van der Waals surface area contributed by atoms with Crippen LogP contribution in [0.1, 0.15) is 11.1 Å². The summed E-state index contributed by atoms with van der Waals surface area (Å²) in [6.45, 7) is 3.28. The topological polar surface area (TPSA) is 93.7 Å². The highest BCUT2D eigenvalue weighted by molar-refractivity contribution is 7.92. The summed E-state index contributed by atoms with van der Waals surface area (Å²) in [6, 6.07) is 11.8. The third kappa shape index (κ3) is 6.56. The summed E-state index contributed by atoms with van der Waals surface area (Å²) < 4.78 is 39.4. The van der Waals surface area contributed by atoms with Gasteiger partial charge in [0.1, 0.15) is 25.3 Å². The number of aromatic nitrogens is 2. The zero-order chi connectivity index (χ0) is 23.1. The van der Waals surface area contributed by atoms with Crippen LogP contribution in [0.5, 0.6) is 11.5 Å². The summed E-state index contributed by atoms with van der Waals surface area (Å²) in [7, 11) is 0.0933. The molecule has 0 aliphatic heterocycles. The van der Waals surface area contributed by atoms with E-state index >= 15 is 0 Å². The van der Waals surface area contributed by atoms with Crippen LogP contribution in [0.2, 0.25) is 5.02 Å². The first-order valence-corrected chi connectivity index (χ1v) is 11.7. The van der Waals surface area contributed by atoms with Gasteiger partial charge in [0.25, 0.3) is 10.0 Å². The maximum absolute atomic E-state index is 12.7. The Balaban J connectivity index is 1.71. The average molecular weight is 477 g/mol. The second-order valence-electron chi connectivity index (χ2n) is 7.36. The first-order valence-electron chi connectivity index (χ1n) is 9.83. The molecule has 0 spiro atoms. The van der Waals surface area contributed by atoms with Crippen molar-refractivity contribution < 1.29 is 17.9 Å². The van der Waals surface area contributed by atoms with Gasteiger partial charge >= 0.3 is 0 Å². The van der Waals surface area contributed by atoms with Crippen LogP contribution in [-0.4, -0.2) is 50.5 Å². The fraction of sp³-hybridized carbons (Fsp3) is 0.273. The highest BCUT2D eigenvalue weighted by atomic mass is 35.5. The van der Waals surface area contributed by atoms with Crippen LogP contribution in [0.3, 0.4) is 0 Å². The lowest BCUT2D eigenvalue weighted by Crippen LogP contribution is -2.19. The van der Waals surface area contributed by atoms with Gasteiger partial charge in [0.2, 0.25) is 0 Å². The van der Waals surface area contributed by atoms with E-state index in [1.54, 1.807) is 30.3 Å². The molecule has 1 heterocycles. The van der Waals surface area contributed by atoms with Crippen molar-refractivity contribution in [1.29, 1.82) is 0 Å². The molecule has 0 aliphatic carbocycles. The largest absolute Gasteiger partial charge is 0.491 e. The minimum Gasteiger partial charge on any atom is -0.491 e. The number of anilines is 1. The molecule has 32 heavy (non-hydrogen) atoms. The van der Waals surface area contributed by atoms with E-state index in [9.17, 15) is 8.42 Å². The molecule has 1 N–H and O–H groups in total. The van der Waals surface area contributed by atoms with Crippen LogP contribution in [0, 0.1) is 6.92 Å². The van der Waals surface area contributed by atoms with Crippen molar-refractivity contribution in [3.05, 3.63) is 71.1 Å². The van der Waals surface area contributed by atoms with Crippen molar-refractivity contribution in [1.82, 2.24) is 14.9 Å². The van der Waals surface area contributed by atoms with Gasteiger partial charge in [0, 0.05) is 6.54 Å². The van der Waals surface area contributed by atoms with Gasteiger partial charge < -0.3 is 14.4 Å². The lowest BCUT2D eigenvalue weighted by atomic mass is 10.2. The van der Waals surface area contributed by atoms with Gasteiger partial charge in [0.15, 0.2) is 11.6 Å². The van der Waals surface area contributed by atoms with Gasteiger partial charge in [0.05, 0.1) is 16.1 Å². The number of nitrogens with one attached hydrogen (secondary N) is 1. The number of halogens is 1. The molecule has 0 radical (unpaired) electrons. The Bertz CT molecular complexity index is 1150. The Kier molecular flexibility index (Phi) is 7.89. The van der Waals surface area contributed by atoms with Crippen LogP contribution >= 0.6 is 11.6 Å². The van der Waals surface area contributed by atoms with Gasteiger partial charge in [-0.05, 0) is 50.8 Å². The summed E-state index contributed by atoms with van der Waals surface area (Å²) in [5.74, 6) is 0.810. The first-order chi connectivity index (χ1) is 15.2. The summed E-state index contributed by atoms with van der Waals surface area (Å²) in [4.78, 5) is 10.1. The molecule has 0 aliphatic rings. The quantitative estimate of drug-likeness (QED) is 0.476. The number of nitrogens with zero attached hydrogens (tertiary/aromatic N) is 3. The Morgan fingerprint density at radius 3 is 2.53 bits per heavy atom. The second kappa shape index (κ2) is 10.6. The van der Waals surface area contributed by atoms with Crippen LogP contribution in [-0.2, 0) is 16.6 Å². The number of hydrogen-bond donors (Lipinski definition) is 1. The molecule has 0 bridgehead atoms. The van der Waals surface area contributed by atoms with Crippen LogP contribution in [0.4, 0.5) is 5.82 Å². The number of sulfonamides is 1. The molecule has 0 atom stereocenters. The molecular formula is C22H25ClN4O4S. The van der Waals surface area contributed by atoms with E-state index in [0.29, 0.717) is 17.4 Å². The van der Waals surface area contributed by atoms with Gasteiger partial charge in [-0.1, -0.05) is 35.4 Å². The summed E-state index contributed by atoms with van der Waals surface area (Å²) in [5, 5.41) is 0.502. The summed E-state index contributed by atoms with van der Waals surface area (Å²) in [5.41, 5.74) is 1.76. The van der Waals surface area contributed by atoms with Crippen molar-refractivity contribution >= 4 is 27.4 Å². The third-order valence-corrected chi connectivity index (χ3v) is 6.09. The summed E-state index contributed by atoms with van der Waals surface area (Å²) in [6.07, 6.45) is 2.66. The van der Waals surface area contributed by atoms with E-state index in [0.717, 1.165) is 17.7 Å². The van der Waals surface area contributed by atoms with Gasteiger partial charge in [-0.2, -0.15) is 0 Å². The van der Waals surface area contributed by atoms with Crippen molar-refractivity contribution in [2.75, 3.05) is 32.0 Å². The number of rotatable bonds is 10. The zero-order valence-corrected chi connectivity index (χ0v) is 19.7. The Hall–Kier alpha value is -2.88. The molecule has 10 heteroatoms. The monoisotopic (exact) mass is 476 g/mol. The number of likely N-dealkylation sites (N-methyl/N-ethyl adjacent to an activating group) is 1. The van der Waals surface area contributed by atoms with Crippen molar-refractivity contribution in [2.45, 2.75) is 18.4 Å². The van der Waals surface area contributed by atoms with E-state index in [1.165, 1.54) is 24.7 Å². The highest BCUT2D eigenvalue weighted by Gasteiger charge is 2.18. The summed E-state index contributed by atoms with van der Waals surface area (Å²) >= 11 is 6.22. The Morgan fingerprint density at radius 1 is 1.06 bits per heavy atom. The Labute approximate surface area is 193 Å². The van der Waals surface area contributed by atoms with Crippen molar-refractivity contribution in [2.24, 2.45) is 0 Å². The van der Waals surface area contributed by atoms with E-state index in [-0.39, 0.29) is 23.1 Å². The zero-order valence-electron chi connectivity index (χ0n) is 18.1. The van der Waals surface area contributed by atoms with Gasteiger partial charge in [-0.3, -0.25) is 4.72 Å². The van der Waals surface area contributed by atoms with E-state index < -0.39 is 10.0 Å². The molecule has 3 rings (SSSR count). The van der Waals surface area contributed by atoms with Crippen LogP contribution < -0.4 is 14.2 Å². The fourth-order valence-corrected chi connectivity index (χ4v) is 3.84. The molecule has 0 saturated carbocycles. The standard InChI is InChI=1S/C22H25ClN4O4S/c1-16-4-7-18(8-5-16)32(28,29)26-22-21(13-24-15-25-22)31-14-17-6-9-19(23)20(12-17)30-11-10-27(2)3/h4-9,12-13,15H,10-11,14H2,1-3H3,(H,24,25,26). The van der Waals surface area contributed by atoms with Crippen LogP contribution in [0.15, 0.2) is 59.9 Å². The predicted octanol–water partition coefficient (Wildman–Crippen LogP) is 3.76. The maximum atomic E-state index is 12.7. The molecule has 1 aromatic heterocycles. The average Bonchev–Trinajstić information content (AvgIpc) is 2.75. The number of aryl methyl sites for hydroxylation is 1. The molecule has 3 aromatic rings. The van der Waals surface area contributed by atoms with Crippen LogP contribution in [0.25, 0.3) is 0 Å². The maximum Gasteiger partial charge on any atom is 0.263 e. The molecule has 0 fully saturated rings. The molecule has 8 nitrogen and oxygen atoms in total. The lowest BCUT2D eigenvalue weighted by molar-refractivity contribution is 0.260. The highest BCUT2D eigenvalue weighted by Crippen LogP contribution is 2.28. The SMILES string of the molecule is Cc1ccc(S(=O)(=O)Nc2ncncc2OCc2ccc(Cl)c(OCCN(C)C)c2)cc1. The predicted molar refractivity (Wildman–Crippen MR) is 124 cm³/mol. The number of ether oxygens (including phenoxy) is 2. The minimum absolute atomic E-state index is 0.0528.